The quantitative estimate of drug-likeness (QED) is 0.609. The van der Waals surface area contributed by atoms with Crippen LogP contribution in [-0.4, -0.2) is 50.0 Å². The van der Waals surface area contributed by atoms with Crippen LogP contribution in [0.15, 0.2) is 6.07 Å². The lowest BCUT2D eigenvalue weighted by Gasteiger charge is -2.23. The molecular formula is C14H23N5. The Balaban J connectivity index is 2.29. The highest BCUT2D eigenvalue weighted by Crippen LogP contribution is 2.26. The van der Waals surface area contributed by atoms with Crippen LogP contribution in [0, 0.1) is 5.41 Å². The number of nitrogens with two attached hydrogens (primary N) is 1. The minimum atomic E-state index is 0.105. The monoisotopic (exact) mass is 261 g/mol. The topological polar surface area (TPSA) is 69.2 Å². The van der Waals surface area contributed by atoms with Crippen molar-refractivity contribution < 1.29 is 0 Å². The molecule has 0 atom stereocenters. The number of rotatable bonds is 5. The largest absolute Gasteiger partial charge is 0.384 e. The van der Waals surface area contributed by atoms with Gasteiger partial charge in [-0.2, -0.15) is 0 Å². The average molecular weight is 261 g/mol. The molecule has 0 fully saturated rings. The van der Waals surface area contributed by atoms with Gasteiger partial charge in [-0.3, -0.25) is 5.41 Å². The van der Waals surface area contributed by atoms with Gasteiger partial charge in [0.15, 0.2) is 0 Å². The van der Waals surface area contributed by atoms with Crippen molar-refractivity contribution in [1.82, 2.24) is 9.88 Å². The van der Waals surface area contributed by atoms with Crippen molar-refractivity contribution in [2.45, 2.75) is 19.3 Å². The van der Waals surface area contributed by atoms with E-state index < -0.39 is 0 Å². The fourth-order valence-corrected chi connectivity index (χ4v) is 2.41. The summed E-state index contributed by atoms with van der Waals surface area (Å²) in [5.41, 5.74) is 8.91. The fraction of sp³-hybridized carbons (Fsp3) is 0.571. The predicted octanol–water partition coefficient (Wildman–Crippen LogP) is 0.852. The predicted molar refractivity (Wildman–Crippen MR) is 79.1 cm³/mol. The highest BCUT2D eigenvalue weighted by molar-refractivity contribution is 5.99. The minimum Gasteiger partial charge on any atom is -0.384 e. The Morgan fingerprint density at radius 1 is 1.32 bits per heavy atom. The van der Waals surface area contributed by atoms with Gasteiger partial charge in [0.25, 0.3) is 0 Å². The normalized spacial score (nSPS) is 13.7. The van der Waals surface area contributed by atoms with Gasteiger partial charge in [0.2, 0.25) is 0 Å². The zero-order chi connectivity index (χ0) is 14.0. The SMILES string of the molecule is CN(C)CCN(C)c1nc2c(cc1C(=N)N)CCC2. The van der Waals surface area contributed by atoms with Gasteiger partial charge in [0.1, 0.15) is 11.7 Å². The van der Waals surface area contributed by atoms with Crippen molar-refractivity contribution in [2.24, 2.45) is 5.73 Å². The van der Waals surface area contributed by atoms with Crippen LogP contribution >= 0.6 is 0 Å². The molecular weight excluding hydrogens is 238 g/mol. The first-order valence-corrected chi connectivity index (χ1v) is 6.72. The number of aryl methyl sites for hydroxylation is 2. The van der Waals surface area contributed by atoms with Crippen LogP contribution in [0.25, 0.3) is 0 Å². The number of nitrogens with one attached hydrogen (secondary N) is 1. The summed E-state index contributed by atoms with van der Waals surface area (Å²) in [7, 11) is 6.12. The lowest BCUT2D eigenvalue weighted by molar-refractivity contribution is 0.416. The number of anilines is 1. The fourth-order valence-electron chi connectivity index (χ4n) is 2.41. The molecule has 0 unspecified atom stereocenters. The van der Waals surface area contributed by atoms with E-state index in [0.717, 1.165) is 43.7 Å². The number of amidine groups is 1. The summed E-state index contributed by atoms with van der Waals surface area (Å²) in [5, 5.41) is 7.75. The van der Waals surface area contributed by atoms with Gasteiger partial charge < -0.3 is 15.5 Å². The van der Waals surface area contributed by atoms with Crippen molar-refractivity contribution >= 4 is 11.7 Å². The van der Waals surface area contributed by atoms with Gasteiger partial charge in [-0.1, -0.05) is 0 Å². The second-order valence-corrected chi connectivity index (χ2v) is 5.46. The molecule has 0 spiro atoms. The van der Waals surface area contributed by atoms with E-state index in [-0.39, 0.29) is 5.84 Å². The molecule has 1 aliphatic carbocycles. The summed E-state index contributed by atoms with van der Waals surface area (Å²) in [5.74, 6) is 0.948. The molecule has 0 saturated carbocycles. The maximum Gasteiger partial charge on any atom is 0.139 e. The van der Waals surface area contributed by atoms with E-state index in [2.05, 4.69) is 30.0 Å². The lowest BCUT2D eigenvalue weighted by Crippen LogP contribution is -2.31. The number of hydrogen-bond donors (Lipinski definition) is 2. The third-order valence-corrected chi connectivity index (χ3v) is 3.57. The summed E-state index contributed by atoms with van der Waals surface area (Å²) in [6.07, 6.45) is 3.26. The van der Waals surface area contributed by atoms with E-state index in [1.807, 2.05) is 7.05 Å². The first kappa shape index (κ1) is 13.8. The molecule has 2 rings (SSSR count). The summed E-state index contributed by atoms with van der Waals surface area (Å²) in [6, 6.07) is 2.05. The summed E-state index contributed by atoms with van der Waals surface area (Å²) in [4.78, 5) is 8.97. The summed E-state index contributed by atoms with van der Waals surface area (Å²) >= 11 is 0. The molecule has 0 aliphatic heterocycles. The van der Waals surface area contributed by atoms with Crippen LogP contribution in [0.2, 0.25) is 0 Å². The van der Waals surface area contributed by atoms with Crippen molar-refractivity contribution in [3.63, 3.8) is 0 Å². The maximum absolute atomic E-state index is 7.75. The molecule has 0 saturated heterocycles. The maximum atomic E-state index is 7.75. The number of hydrogen-bond acceptors (Lipinski definition) is 4. The van der Waals surface area contributed by atoms with Gasteiger partial charge in [-0.15, -0.1) is 0 Å². The van der Waals surface area contributed by atoms with E-state index in [4.69, 9.17) is 16.1 Å². The minimum absolute atomic E-state index is 0.105. The van der Waals surface area contributed by atoms with E-state index in [1.54, 1.807) is 0 Å². The van der Waals surface area contributed by atoms with Gasteiger partial charge >= 0.3 is 0 Å². The standard InChI is InChI=1S/C14H23N5/c1-18(2)7-8-19(3)14-11(13(15)16)9-10-5-4-6-12(10)17-14/h9H,4-8H2,1-3H3,(H3,15,16). The van der Waals surface area contributed by atoms with E-state index in [0.29, 0.717) is 0 Å². The summed E-state index contributed by atoms with van der Waals surface area (Å²) in [6.45, 7) is 1.83. The molecule has 0 amide bonds. The second kappa shape index (κ2) is 5.57. The Labute approximate surface area is 114 Å². The molecule has 5 heteroatoms. The third kappa shape index (κ3) is 3.04. The van der Waals surface area contributed by atoms with Crippen molar-refractivity contribution in [2.75, 3.05) is 39.1 Å². The Morgan fingerprint density at radius 3 is 2.68 bits per heavy atom. The first-order chi connectivity index (χ1) is 8.99. The number of fused-ring (bicyclic) bond motifs is 1. The number of nitrogens with zero attached hydrogens (tertiary/aromatic N) is 3. The number of likely N-dealkylation sites (N-methyl/N-ethyl adjacent to an activating group) is 2. The lowest BCUT2D eigenvalue weighted by atomic mass is 10.1. The van der Waals surface area contributed by atoms with Gasteiger partial charge in [0, 0.05) is 25.8 Å². The van der Waals surface area contributed by atoms with E-state index in [1.165, 1.54) is 11.3 Å². The highest BCUT2D eigenvalue weighted by Gasteiger charge is 2.19. The molecule has 0 radical (unpaired) electrons. The van der Waals surface area contributed by atoms with Crippen LogP contribution in [-0.2, 0) is 12.8 Å². The third-order valence-electron chi connectivity index (χ3n) is 3.57. The smallest absolute Gasteiger partial charge is 0.139 e. The van der Waals surface area contributed by atoms with Crippen LogP contribution in [0.3, 0.4) is 0 Å². The van der Waals surface area contributed by atoms with Crippen LogP contribution in [0.5, 0.6) is 0 Å². The highest BCUT2D eigenvalue weighted by atomic mass is 15.2. The number of aromatic nitrogens is 1. The molecule has 0 aromatic carbocycles. The molecule has 104 valence electrons. The molecule has 1 heterocycles. The zero-order valence-corrected chi connectivity index (χ0v) is 12.0. The molecule has 1 aliphatic rings. The van der Waals surface area contributed by atoms with E-state index >= 15 is 0 Å². The molecule has 0 bridgehead atoms. The second-order valence-electron chi connectivity index (χ2n) is 5.46. The Hall–Kier alpha value is -1.62. The van der Waals surface area contributed by atoms with Gasteiger partial charge in [0.05, 0.1) is 5.56 Å². The summed E-state index contributed by atoms with van der Waals surface area (Å²) < 4.78 is 0. The van der Waals surface area contributed by atoms with Crippen LogP contribution < -0.4 is 10.6 Å². The molecule has 1 aromatic heterocycles. The molecule has 3 N–H and O–H groups in total. The Kier molecular flexibility index (Phi) is 4.04. The molecule has 5 nitrogen and oxygen atoms in total. The number of nitrogen functional groups attached to an aromatic ring is 1. The van der Waals surface area contributed by atoms with Gasteiger partial charge in [-0.25, -0.2) is 4.98 Å². The van der Waals surface area contributed by atoms with Crippen molar-refractivity contribution in [3.05, 3.63) is 22.9 Å². The van der Waals surface area contributed by atoms with E-state index in [9.17, 15) is 0 Å². The number of pyridine rings is 1. The zero-order valence-electron chi connectivity index (χ0n) is 12.0. The van der Waals surface area contributed by atoms with Crippen molar-refractivity contribution in [3.8, 4) is 0 Å². The Bertz CT molecular complexity index is 481. The van der Waals surface area contributed by atoms with Gasteiger partial charge in [-0.05, 0) is 45.0 Å². The first-order valence-electron chi connectivity index (χ1n) is 6.72. The molecule has 1 aromatic rings. The Morgan fingerprint density at radius 2 is 2.05 bits per heavy atom. The molecule has 19 heavy (non-hydrogen) atoms. The van der Waals surface area contributed by atoms with Crippen LogP contribution in [0.1, 0.15) is 23.2 Å². The average Bonchev–Trinajstić information content (AvgIpc) is 2.81. The van der Waals surface area contributed by atoms with Crippen LogP contribution in [0.4, 0.5) is 5.82 Å². The van der Waals surface area contributed by atoms with Crippen molar-refractivity contribution in [1.29, 1.82) is 5.41 Å².